The van der Waals surface area contributed by atoms with E-state index in [2.05, 4.69) is 51.5 Å². The highest BCUT2D eigenvalue weighted by Crippen LogP contribution is 2.28. The largest absolute Gasteiger partial charge is 0.353 e. The zero-order valence-corrected chi connectivity index (χ0v) is 24.0. The molecule has 1 saturated heterocycles. The molecule has 8 heteroatoms. The first-order valence-electron chi connectivity index (χ1n) is 14.4. The van der Waals surface area contributed by atoms with Crippen LogP contribution in [0.15, 0.2) is 35.7 Å². The molecule has 1 fully saturated rings. The number of nitrogens with one attached hydrogen (secondary N) is 2. The van der Waals surface area contributed by atoms with Crippen LogP contribution in [0.4, 0.5) is 0 Å². The van der Waals surface area contributed by atoms with Crippen LogP contribution in [-0.4, -0.2) is 58.5 Å². The number of fused-ring (bicyclic) bond motifs is 1. The van der Waals surface area contributed by atoms with E-state index in [1.165, 1.54) is 24.1 Å². The first kappa shape index (κ1) is 28.3. The fraction of sp³-hybridized carbons (Fsp3) is 0.567. The summed E-state index contributed by atoms with van der Waals surface area (Å²) < 4.78 is 2.35. The molecule has 206 valence electrons. The Bertz CT molecular complexity index is 1180. The molecule has 0 spiro atoms. The molecule has 1 unspecified atom stereocenters. The summed E-state index contributed by atoms with van der Waals surface area (Å²) in [7, 11) is 0. The molecule has 1 atom stereocenters. The number of thiophene rings is 1. The van der Waals surface area contributed by atoms with Gasteiger partial charge in [-0.25, -0.2) is 4.98 Å². The van der Waals surface area contributed by atoms with E-state index in [0.29, 0.717) is 24.6 Å². The number of hydrogen-bond donors (Lipinski definition) is 2. The van der Waals surface area contributed by atoms with Gasteiger partial charge in [0.1, 0.15) is 11.9 Å². The Kier molecular flexibility index (Phi) is 10.4. The maximum atomic E-state index is 13.3. The second kappa shape index (κ2) is 13.9. The third-order valence-corrected chi connectivity index (χ3v) is 8.50. The highest BCUT2D eigenvalue weighted by atomic mass is 32.1. The third kappa shape index (κ3) is 7.03. The molecule has 3 aromatic rings. The van der Waals surface area contributed by atoms with Crippen molar-refractivity contribution in [2.24, 2.45) is 0 Å². The summed E-state index contributed by atoms with van der Waals surface area (Å²) in [5.74, 6) is 0.702. The summed E-state index contributed by atoms with van der Waals surface area (Å²) in [4.78, 5) is 34.9. The maximum absolute atomic E-state index is 13.3. The Morgan fingerprint density at radius 2 is 1.87 bits per heavy atom. The lowest BCUT2D eigenvalue weighted by molar-refractivity contribution is -0.123. The van der Waals surface area contributed by atoms with Crippen molar-refractivity contribution in [1.82, 2.24) is 25.1 Å². The van der Waals surface area contributed by atoms with Crippen molar-refractivity contribution in [3.63, 3.8) is 0 Å². The van der Waals surface area contributed by atoms with E-state index < -0.39 is 6.04 Å². The highest BCUT2D eigenvalue weighted by molar-refractivity contribution is 7.09. The van der Waals surface area contributed by atoms with Gasteiger partial charge in [0, 0.05) is 36.0 Å². The molecule has 38 heavy (non-hydrogen) atoms. The minimum Gasteiger partial charge on any atom is -0.353 e. The summed E-state index contributed by atoms with van der Waals surface area (Å²) >= 11 is 1.74. The number of carbonyl (C=O) groups excluding carboxylic acids is 2. The van der Waals surface area contributed by atoms with E-state index in [1.807, 2.05) is 25.1 Å². The normalized spacial score (nSPS) is 15.2. The van der Waals surface area contributed by atoms with Gasteiger partial charge in [0.15, 0.2) is 0 Å². The van der Waals surface area contributed by atoms with Crippen LogP contribution in [0.1, 0.15) is 92.8 Å². The Hall–Kier alpha value is -2.71. The van der Waals surface area contributed by atoms with E-state index in [4.69, 9.17) is 4.98 Å². The SMILES string of the molecule is CCCC(NC(=O)c1ccc2c(c1)nc(Cc1cccs1)n2C(CC)CC)C(=O)NCCN1CCCCC1. The minimum absolute atomic E-state index is 0.102. The van der Waals surface area contributed by atoms with Gasteiger partial charge in [0.25, 0.3) is 5.91 Å². The Labute approximate surface area is 231 Å². The van der Waals surface area contributed by atoms with E-state index in [1.54, 1.807) is 11.3 Å². The smallest absolute Gasteiger partial charge is 0.252 e. The molecule has 2 aromatic heterocycles. The number of amides is 2. The molecule has 7 nitrogen and oxygen atoms in total. The molecule has 1 aromatic carbocycles. The van der Waals surface area contributed by atoms with Crippen molar-refractivity contribution < 1.29 is 9.59 Å². The van der Waals surface area contributed by atoms with Crippen molar-refractivity contribution in [2.45, 2.75) is 84.2 Å². The number of nitrogens with zero attached hydrogens (tertiary/aromatic N) is 3. The number of carbonyl (C=O) groups is 2. The monoisotopic (exact) mass is 537 g/mol. The molecule has 0 radical (unpaired) electrons. The average molecular weight is 538 g/mol. The van der Waals surface area contributed by atoms with E-state index in [9.17, 15) is 9.59 Å². The Morgan fingerprint density at radius 3 is 2.55 bits per heavy atom. The number of hydrogen-bond acceptors (Lipinski definition) is 5. The van der Waals surface area contributed by atoms with Crippen LogP contribution in [0, 0.1) is 0 Å². The van der Waals surface area contributed by atoms with Crippen LogP contribution >= 0.6 is 11.3 Å². The molecular weight excluding hydrogens is 494 g/mol. The molecule has 3 heterocycles. The van der Waals surface area contributed by atoms with Gasteiger partial charge in [-0.3, -0.25) is 9.59 Å². The van der Waals surface area contributed by atoms with Gasteiger partial charge >= 0.3 is 0 Å². The van der Waals surface area contributed by atoms with Crippen LogP contribution in [0.5, 0.6) is 0 Å². The zero-order chi connectivity index (χ0) is 26.9. The second-order valence-corrected chi connectivity index (χ2v) is 11.4. The van der Waals surface area contributed by atoms with Crippen molar-refractivity contribution in [1.29, 1.82) is 0 Å². The molecule has 0 aliphatic carbocycles. The van der Waals surface area contributed by atoms with Crippen LogP contribution in [0.25, 0.3) is 11.0 Å². The summed E-state index contributed by atoms with van der Waals surface area (Å²) in [5, 5.41) is 8.14. The summed E-state index contributed by atoms with van der Waals surface area (Å²) in [6.07, 6.45) is 8.01. The van der Waals surface area contributed by atoms with E-state index >= 15 is 0 Å². The van der Waals surface area contributed by atoms with Crippen molar-refractivity contribution in [3.8, 4) is 0 Å². The van der Waals surface area contributed by atoms with Gasteiger partial charge in [0.05, 0.1) is 11.0 Å². The van der Waals surface area contributed by atoms with E-state index in [0.717, 1.165) is 62.2 Å². The first-order chi connectivity index (χ1) is 18.5. The lowest BCUT2D eigenvalue weighted by Gasteiger charge is -2.26. The van der Waals surface area contributed by atoms with Crippen molar-refractivity contribution >= 4 is 34.2 Å². The number of likely N-dealkylation sites (tertiary alicyclic amines) is 1. The summed E-state index contributed by atoms with van der Waals surface area (Å²) in [5.41, 5.74) is 2.42. The summed E-state index contributed by atoms with van der Waals surface area (Å²) in [6, 6.07) is 9.79. The van der Waals surface area contributed by atoms with Gasteiger partial charge in [0.2, 0.25) is 5.91 Å². The molecule has 1 aliphatic heterocycles. The third-order valence-electron chi connectivity index (χ3n) is 7.62. The number of benzene rings is 1. The van der Waals surface area contributed by atoms with Crippen molar-refractivity contribution in [2.75, 3.05) is 26.2 Å². The molecule has 2 N–H and O–H groups in total. The average Bonchev–Trinajstić information content (AvgIpc) is 3.57. The molecule has 2 amide bonds. The zero-order valence-electron chi connectivity index (χ0n) is 23.2. The summed E-state index contributed by atoms with van der Waals surface area (Å²) in [6.45, 7) is 10.1. The van der Waals surface area contributed by atoms with Crippen LogP contribution < -0.4 is 10.6 Å². The van der Waals surface area contributed by atoms with Gasteiger partial charge < -0.3 is 20.1 Å². The van der Waals surface area contributed by atoms with Crippen molar-refractivity contribution in [3.05, 3.63) is 52.0 Å². The Balaban J connectivity index is 1.47. The van der Waals surface area contributed by atoms with Crippen LogP contribution in [-0.2, 0) is 11.2 Å². The van der Waals surface area contributed by atoms with Gasteiger partial charge in [-0.1, -0.05) is 39.7 Å². The van der Waals surface area contributed by atoms with Crippen LogP contribution in [0.3, 0.4) is 0 Å². The lowest BCUT2D eigenvalue weighted by atomic mass is 10.1. The maximum Gasteiger partial charge on any atom is 0.252 e. The molecule has 1 aliphatic rings. The first-order valence-corrected chi connectivity index (χ1v) is 15.3. The number of rotatable bonds is 13. The second-order valence-electron chi connectivity index (χ2n) is 10.3. The molecular formula is C30H43N5O2S. The number of imidazole rings is 1. The fourth-order valence-corrected chi connectivity index (χ4v) is 6.19. The number of piperidine rings is 1. The predicted molar refractivity (Wildman–Crippen MR) is 156 cm³/mol. The quantitative estimate of drug-likeness (QED) is 0.300. The minimum atomic E-state index is -0.541. The topological polar surface area (TPSA) is 79.3 Å². The van der Waals surface area contributed by atoms with Gasteiger partial charge in [-0.15, -0.1) is 11.3 Å². The van der Waals surface area contributed by atoms with Crippen LogP contribution in [0.2, 0.25) is 0 Å². The van der Waals surface area contributed by atoms with Gasteiger partial charge in [-0.05, 0) is 74.8 Å². The highest BCUT2D eigenvalue weighted by Gasteiger charge is 2.23. The predicted octanol–water partition coefficient (Wildman–Crippen LogP) is 5.55. The van der Waals surface area contributed by atoms with E-state index in [-0.39, 0.29) is 11.8 Å². The van der Waals surface area contributed by atoms with Gasteiger partial charge in [-0.2, -0.15) is 0 Å². The standard InChI is InChI=1S/C30H43N5O2S/c1-4-11-25(30(37)31-15-18-34-16-8-7-9-17-34)33-29(36)22-13-14-27-26(20-22)32-28(21-24-12-10-19-38-24)35(27)23(5-2)6-3/h10,12-14,19-20,23,25H,4-9,11,15-18,21H2,1-3H3,(H,31,37)(H,33,36). The molecule has 0 bridgehead atoms. The molecule has 0 saturated carbocycles. The number of aromatic nitrogens is 2. The Morgan fingerprint density at radius 1 is 1.08 bits per heavy atom. The molecule has 4 rings (SSSR count). The fourth-order valence-electron chi connectivity index (χ4n) is 5.49. The lowest BCUT2D eigenvalue weighted by Crippen LogP contribution is -2.48.